The molecule has 0 radical (unpaired) electrons. The molecule has 0 aromatic heterocycles. The molecule has 1 saturated carbocycles. The molecule has 2 aliphatic heterocycles. The maximum absolute atomic E-state index is 12.6. The highest BCUT2D eigenvalue weighted by molar-refractivity contribution is 5.77. The number of nitrogens with zero attached hydrogens (tertiary/aromatic N) is 2. The molecule has 2 atom stereocenters. The largest absolute Gasteiger partial charge is 0.389 e. The quantitative estimate of drug-likeness (QED) is 0.865. The molecule has 0 spiro atoms. The van der Waals surface area contributed by atoms with Crippen molar-refractivity contribution in [3.8, 4) is 0 Å². The van der Waals surface area contributed by atoms with E-state index in [1.165, 1.54) is 32.2 Å². The highest BCUT2D eigenvalue weighted by atomic mass is 16.3. The first kappa shape index (κ1) is 17.2. The van der Waals surface area contributed by atoms with Gasteiger partial charge in [-0.05, 0) is 57.9 Å². The number of carbonyl (C=O) groups is 1. The Labute approximate surface area is 141 Å². The van der Waals surface area contributed by atoms with Gasteiger partial charge in [-0.3, -0.25) is 4.79 Å². The Bertz CT molecular complexity index is 406. The van der Waals surface area contributed by atoms with Crippen LogP contribution in [-0.4, -0.2) is 58.6 Å². The molecule has 2 heterocycles. The normalized spacial score (nSPS) is 32.2. The van der Waals surface area contributed by atoms with E-state index in [1.54, 1.807) is 0 Å². The third-order valence-electron chi connectivity index (χ3n) is 6.32. The molecule has 23 heavy (non-hydrogen) atoms. The van der Waals surface area contributed by atoms with Crippen molar-refractivity contribution in [2.45, 2.75) is 82.8 Å². The third kappa shape index (κ3) is 4.48. The van der Waals surface area contributed by atoms with Crippen LogP contribution in [0.3, 0.4) is 0 Å². The van der Waals surface area contributed by atoms with Gasteiger partial charge in [0, 0.05) is 25.7 Å². The van der Waals surface area contributed by atoms with Crippen molar-refractivity contribution < 1.29 is 9.90 Å². The van der Waals surface area contributed by atoms with Gasteiger partial charge in [0.1, 0.15) is 0 Å². The average molecular weight is 322 g/mol. The van der Waals surface area contributed by atoms with Crippen molar-refractivity contribution in [2.24, 2.45) is 5.92 Å². The van der Waals surface area contributed by atoms with Gasteiger partial charge in [-0.1, -0.05) is 19.3 Å². The van der Waals surface area contributed by atoms with Crippen LogP contribution in [0.4, 0.5) is 0 Å². The zero-order valence-electron chi connectivity index (χ0n) is 14.8. The first-order valence-corrected chi connectivity index (χ1v) is 9.80. The first-order chi connectivity index (χ1) is 11.1. The Hall–Kier alpha value is -0.610. The lowest BCUT2D eigenvalue weighted by Crippen LogP contribution is -2.48. The average Bonchev–Trinajstić information content (AvgIpc) is 2.96. The van der Waals surface area contributed by atoms with Crippen LogP contribution < -0.4 is 0 Å². The maximum atomic E-state index is 12.6. The van der Waals surface area contributed by atoms with Gasteiger partial charge in [0.2, 0.25) is 5.91 Å². The maximum Gasteiger partial charge on any atom is 0.225 e. The minimum absolute atomic E-state index is 0.186. The third-order valence-corrected chi connectivity index (χ3v) is 6.32. The fourth-order valence-electron chi connectivity index (χ4n) is 4.80. The zero-order valence-corrected chi connectivity index (χ0v) is 14.8. The first-order valence-electron chi connectivity index (χ1n) is 9.80. The van der Waals surface area contributed by atoms with Gasteiger partial charge in [0.05, 0.1) is 12.0 Å². The molecule has 4 heteroatoms. The Morgan fingerprint density at radius 1 is 1.09 bits per heavy atom. The van der Waals surface area contributed by atoms with Gasteiger partial charge >= 0.3 is 0 Å². The Morgan fingerprint density at radius 2 is 1.87 bits per heavy atom. The molecule has 3 fully saturated rings. The molecule has 3 rings (SSSR count). The Kier molecular flexibility index (Phi) is 5.63. The Balaban J connectivity index is 1.50. The van der Waals surface area contributed by atoms with Gasteiger partial charge in [0.15, 0.2) is 0 Å². The molecule has 0 aromatic rings. The highest BCUT2D eigenvalue weighted by Crippen LogP contribution is 2.33. The lowest BCUT2D eigenvalue weighted by molar-refractivity contribution is -0.138. The van der Waals surface area contributed by atoms with Crippen molar-refractivity contribution in [3.05, 3.63) is 0 Å². The van der Waals surface area contributed by atoms with Gasteiger partial charge in [-0.2, -0.15) is 0 Å². The molecule has 4 nitrogen and oxygen atoms in total. The lowest BCUT2D eigenvalue weighted by atomic mass is 9.93. The summed E-state index contributed by atoms with van der Waals surface area (Å²) >= 11 is 0. The highest BCUT2D eigenvalue weighted by Gasteiger charge is 2.36. The fourth-order valence-corrected chi connectivity index (χ4v) is 4.80. The fraction of sp³-hybridized carbons (Fsp3) is 0.947. The summed E-state index contributed by atoms with van der Waals surface area (Å²) in [6.45, 7) is 6.51. The number of likely N-dealkylation sites (tertiary alicyclic amines) is 2. The van der Waals surface area contributed by atoms with E-state index in [1.807, 2.05) is 4.90 Å². The van der Waals surface area contributed by atoms with Crippen LogP contribution in [0.15, 0.2) is 0 Å². The summed E-state index contributed by atoms with van der Waals surface area (Å²) in [6, 6.07) is 0.703. The minimum Gasteiger partial charge on any atom is -0.389 e. The number of amides is 1. The molecule has 3 aliphatic rings. The SMILES string of the molecule is CC1CCCCN1CC1CCCN(C(=O)CC2(O)CCCC2)C1. The van der Waals surface area contributed by atoms with E-state index in [0.717, 1.165) is 51.7 Å². The van der Waals surface area contributed by atoms with Crippen LogP contribution in [0.2, 0.25) is 0 Å². The van der Waals surface area contributed by atoms with E-state index in [2.05, 4.69) is 11.8 Å². The van der Waals surface area contributed by atoms with Crippen LogP contribution in [-0.2, 0) is 4.79 Å². The summed E-state index contributed by atoms with van der Waals surface area (Å²) < 4.78 is 0. The molecule has 2 unspecified atom stereocenters. The number of rotatable bonds is 4. The van der Waals surface area contributed by atoms with Crippen molar-refractivity contribution in [1.82, 2.24) is 9.80 Å². The molecule has 132 valence electrons. The van der Waals surface area contributed by atoms with Crippen LogP contribution in [0.25, 0.3) is 0 Å². The van der Waals surface area contributed by atoms with Crippen LogP contribution in [0.1, 0.15) is 71.1 Å². The zero-order chi connectivity index (χ0) is 16.3. The summed E-state index contributed by atoms with van der Waals surface area (Å²) in [5.41, 5.74) is -0.703. The molecule has 1 amide bonds. The van der Waals surface area contributed by atoms with E-state index in [9.17, 15) is 9.90 Å². The number of hydrogen-bond acceptors (Lipinski definition) is 3. The van der Waals surface area contributed by atoms with Gasteiger partial charge in [-0.15, -0.1) is 0 Å². The van der Waals surface area contributed by atoms with Crippen molar-refractivity contribution >= 4 is 5.91 Å². The molecular formula is C19H34N2O2. The van der Waals surface area contributed by atoms with E-state index in [0.29, 0.717) is 18.4 Å². The molecule has 1 N–H and O–H groups in total. The number of piperidine rings is 2. The molecular weight excluding hydrogens is 288 g/mol. The minimum atomic E-state index is -0.703. The topological polar surface area (TPSA) is 43.8 Å². The van der Waals surface area contributed by atoms with Crippen molar-refractivity contribution in [3.63, 3.8) is 0 Å². The number of aliphatic hydroxyl groups is 1. The molecule has 2 saturated heterocycles. The summed E-state index contributed by atoms with van der Waals surface area (Å²) in [5.74, 6) is 0.803. The summed E-state index contributed by atoms with van der Waals surface area (Å²) in [5, 5.41) is 10.5. The van der Waals surface area contributed by atoms with Crippen LogP contribution in [0.5, 0.6) is 0 Å². The monoisotopic (exact) mass is 322 g/mol. The summed E-state index contributed by atoms with van der Waals surface area (Å²) in [6.07, 6.45) is 10.5. The van der Waals surface area contributed by atoms with Crippen LogP contribution >= 0.6 is 0 Å². The molecule has 1 aliphatic carbocycles. The van der Waals surface area contributed by atoms with Crippen molar-refractivity contribution in [1.29, 1.82) is 0 Å². The second-order valence-corrected chi connectivity index (χ2v) is 8.30. The van der Waals surface area contributed by atoms with Crippen molar-refractivity contribution in [2.75, 3.05) is 26.2 Å². The lowest BCUT2D eigenvalue weighted by Gasteiger charge is -2.40. The Morgan fingerprint density at radius 3 is 2.61 bits per heavy atom. The molecule has 0 aromatic carbocycles. The predicted molar refractivity (Wildman–Crippen MR) is 92.2 cm³/mol. The smallest absolute Gasteiger partial charge is 0.225 e. The van der Waals surface area contributed by atoms with E-state index < -0.39 is 5.60 Å². The van der Waals surface area contributed by atoms with E-state index in [-0.39, 0.29) is 5.91 Å². The van der Waals surface area contributed by atoms with Crippen LogP contribution in [0, 0.1) is 5.92 Å². The van der Waals surface area contributed by atoms with E-state index >= 15 is 0 Å². The number of hydrogen-bond donors (Lipinski definition) is 1. The summed E-state index contributed by atoms with van der Waals surface area (Å²) in [4.78, 5) is 17.3. The second kappa shape index (κ2) is 7.52. The second-order valence-electron chi connectivity index (χ2n) is 8.30. The van der Waals surface area contributed by atoms with Gasteiger partial charge < -0.3 is 14.9 Å². The number of carbonyl (C=O) groups excluding carboxylic acids is 1. The summed E-state index contributed by atoms with van der Waals surface area (Å²) in [7, 11) is 0. The van der Waals surface area contributed by atoms with Gasteiger partial charge in [-0.25, -0.2) is 0 Å². The van der Waals surface area contributed by atoms with Gasteiger partial charge in [0.25, 0.3) is 0 Å². The standard InChI is InChI=1S/C19H34N2O2/c1-16-7-2-5-11-20(16)14-17-8-6-12-21(15-17)18(22)13-19(23)9-3-4-10-19/h16-17,23H,2-15H2,1H3. The predicted octanol–water partition coefficient (Wildman–Crippen LogP) is 2.79. The van der Waals surface area contributed by atoms with E-state index in [4.69, 9.17) is 0 Å². The molecule has 0 bridgehead atoms.